The number of nitrogens with zero attached hydrogens (tertiary/aromatic N) is 1. The highest BCUT2D eigenvalue weighted by molar-refractivity contribution is 5.97. The quantitative estimate of drug-likeness (QED) is 0.776. The van der Waals surface area contributed by atoms with Crippen molar-refractivity contribution in [3.05, 3.63) is 29.8 Å². The Hall–Kier alpha value is -2.08. The van der Waals surface area contributed by atoms with Gasteiger partial charge in [0.25, 0.3) is 5.91 Å². The fourth-order valence-corrected chi connectivity index (χ4v) is 1.74. The number of carbonyl (C=O) groups is 2. The Bertz CT molecular complexity index is 461. The number of ether oxygens (including phenoxy) is 2. The van der Waals surface area contributed by atoms with Crippen molar-refractivity contribution in [2.24, 2.45) is 0 Å². The highest BCUT2D eigenvalue weighted by Crippen LogP contribution is 2.19. The van der Waals surface area contributed by atoms with E-state index < -0.39 is 5.97 Å². The van der Waals surface area contributed by atoms with E-state index in [1.165, 1.54) is 19.1 Å². The van der Waals surface area contributed by atoms with Crippen LogP contribution in [0, 0.1) is 0 Å². The molecule has 6 heteroatoms. The van der Waals surface area contributed by atoms with Crippen LogP contribution < -0.4 is 4.74 Å². The number of hydrogen-bond donors (Lipinski definition) is 1. The van der Waals surface area contributed by atoms with Crippen LogP contribution in [-0.2, 0) is 9.53 Å². The summed E-state index contributed by atoms with van der Waals surface area (Å²) >= 11 is 0. The number of methoxy groups -OCH3 is 2. The first-order chi connectivity index (χ1) is 9.60. The van der Waals surface area contributed by atoms with E-state index >= 15 is 0 Å². The van der Waals surface area contributed by atoms with Crippen molar-refractivity contribution in [1.29, 1.82) is 0 Å². The molecule has 0 aliphatic carbocycles. The zero-order valence-corrected chi connectivity index (χ0v) is 11.7. The summed E-state index contributed by atoms with van der Waals surface area (Å²) in [6.45, 7) is 0.816. The number of rotatable bonds is 8. The number of carboxylic acids is 1. The largest absolute Gasteiger partial charge is 0.496 e. The lowest BCUT2D eigenvalue weighted by Gasteiger charge is -2.22. The molecule has 1 amide bonds. The first-order valence-corrected chi connectivity index (χ1v) is 6.23. The lowest BCUT2D eigenvalue weighted by Crippen LogP contribution is -2.35. The van der Waals surface area contributed by atoms with E-state index in [0.29, 0.717) is 24.5 Å². The van der Waals surface area contributed by atoms with E-state index in [1.54, 1.807) is 24.3 Å². The predicted molar refractivity (Wildman–Crippen MR) is 73.0 cm³/mol. The van der Waals surface area contributed by atoms with Gasteiger partial charge in [-0.05, 0) is 12.1 Å². The van der Waals surface area contributed by atoms with Crippen LogP contribution in [0.2, 0.25) is 0 Å². The number of benzene rings is 1. The standard InChI is InChI=1S/C14H19NO5/c1-19-10-9-15(8-7-13(16)17)14(18)11-5-3-4-6-12(11)20-2/h3-6H,7-10H2,1-2H3,(H,16,17). The molecule has 110 valence electrons. The molecule has 1 aromatic rings. The molecular weight excluding hydrogens is 262 g/mol. The smallest absolute Gasteiger partial charge is 0.305 e. The fraction of sp³-hybridized carbons (Fsp3) is 0.429. The maximum absolute atomic E-state index is 12.4. The Morgan fingerprint density at radius 2 is 1.90 bits per heavy atom. The van der Waals surface area contributed by atoms with Gasteiger partial charge in [-0.3, -0.25) is 9.59 Å². The zero-order valence-electron chi connectivity index (χ0n) is 11.7. The van der Waals surface area contributed by atoms with Crippen molar-refractivity contribution in [3.8, 4) is 5.75 Å². The van der Waals surface area contributed by atoms with Gasteiger partial charge in [0, 0.05) is 20.2 Å². The molecule has 0 spiro atoms. The maximum Gasteiger partial charge on any atom is 0.305 e. The number of aliphatic carboxylic acids is 1. The van der Waals surface area contributed by atoms with Gasteiger partial charge in [-0.15, -0.1) is 0 Å². The van der Waals surface area contributed by atoms with E-state index in [0.717, 1.165) is 0 Å². The van der Waals surface area contributed by atoms with Crippen LogP contribution in [0.5, 0.6) is 5.75 Å². The monoisotopic (exact) mass is 281 g/mol. The first-order valence-electron chi connectivity index (χ1n) is 6.23. The molecule has 0 atom stereocenters. The van der Waals surface area contributed by atoms with Crippen molar-refractivity contribution in [3.63, 3.8) is 0 Å². The second kappa shape index (κ2) is 8.16. The molecule has 0 saturated carbocycles. The summed E-state index contributed by atoms with van der Waals surface area (Å²) in [5.41, 5.74) is 0.413. The minimum absolute atomic E-state index is 0.107. The Morgan fingerprint density at radius 3 is 2.50 bits per heavy atom. The highest BCUT2D eigenvalue weighted by Gasteiger charge is 2.19. The third-order valence-corrected chi connectivity index (χ3v) is 2.79. The van der Waals surface area contributed by atoms with Gasteiger partial charge in [-0.1, -0.05) is 12.1 Å². The van der Waals surface area contributed by atoms with Gasteiger partial charge in [0.2, 0.25) is 0 Å². The summed E-state index contributed by atoms with van der Waals surface area (Å²) in [5.74, 6) is -0.740. The van der Waals surface area contributed by atoms with Gasteiger partial charge in [0.05, 0.1) is 25.7 Å². The SMILES string of the molecule is COCCN(CCC(=O)O)C(=O)c1ccccc1OC. The lowest BCUT2D eigenvalue weighted by atomic mass is 10.1. The van der Waals surface area contributed by atoms with Crippen molar-refractivity contribution in [2.75, 3.05) is 33.9 Å². The Balaban J connectivity index is 2.87. The van der Waals surface area contributed by atoms with Crippen LogP contribution in [0.15, 0.2) is 24.3 Å². The van der Waals surface area contributed by atoms with Crippen LogP contribution in [0.4, 0.5) is 0 Å². The molecule has 0 aliphatic rings. The second-order valence-electron chi connectivity index (χ2n) is 4.13. The molecule has 1 rings (SSSR count). The molecule has 1 N–H and O–H groups in total. The van der Waals surface area contributed by atoms with Gasteiger partial charge in [0.1, 0.15) is 5.75 Å². The fourth-order valence-electron chi connectivity index (χ4n) is 1.74. The molecular formula is C14H19NO5. The molecule has 20 heavy (non-hydrogen) atoms. The van der Waals surface area contributed by atoms with Crippen LogP contribution >= 0.6 is 0 Å². The van der Waals surface area contributed by atoms with Crippen molar-refractivity contribution in [1.82, 2.24) is 4.90 Å². The Morgan fingerprint density at radius 1 is 1.20 bits per heavy atom. The van der Waals surface area contributed by atoms with E-state index in [2.05, 4.69) is 0 Å². The topological polar surface area (TPSA) is 76.1 Å². The number of amides is 1. The molecule has 1 aromatic carbocycles. The van der Waals surface area contributed by atoms with Crippen LogP contribution in [0.25, 0.3) is 0 Å². The van der Waals surface area contributed by atoms with Gasteiger partial charge in [-0.25, -0.2) is 0 Å². The molecule has 0 aromatic heterocycles. The molecule has 0 radical (unpaired) electrons. The summed E-state index contributed by atoms with van der Waals surface area (Å²) in [7, 11) is 3.02. The van der Waals surface area contributed by atoms with Crippen molar-refractivity contribution in [2.45, 2.75) is 6.42 Å². The van der Waals surface area contributed by atoms with Crippen molar-refractivity contribution < 1.29 is 24.2 Å². The summed E-state index contributed by atoms with van der Waals surface area (Å²) in [6, 6.07) is 6.86. The van der Waals surface area contributed by atoms with E-state index in [9.17, 15) is 9.59 Å². The van der Waals surface area contributed by atoms with E-state index in [4.69, 9.17) is 14.6 Å². The minimum atomic E-state index is -0.944. The average Bonchev–Trinajstić information content (AvgIpc) is 2.46. The Kier molecular flexibility index (Phi) is 6.52. The van der Waals surface area contributed by atoms with Gasteiger partial charge >= 0.3 is 5.97 Å². The summed E-state index contributed by atoms with van der Waals surface area (Å²) in [6.07, 6.45) is -0.107. The zero-order chi connectivity index (χ0) is 15.0. The number of hydrogen-bond acceptors (Lipinski definition) is 4. The predicted octanol–water partition coefficient (Wildman–Crippen LogP) is 1.26. The van der Waals surface area contributed by atoms with Gasteiger partial charge in [-0.2, -0.15) is 0 Å². The molecule has 0 saturated heterocycles. The molecule has 0 aliphatic heterocycles. The maximum atomic E-state index is 12.4. The minimum Gasteiger partial charge on any atom is -0.496 e. The third-order valence-electron chi connectivity index (χ3n) is 2.79. The summed E-state index contributed by atoms with van der Waals surface area (Å²) < 4.78 is 10.1. The molecule has 0 unspecified atom stereocenters. The molecule has 0 heterocycles. The Labute approximate surface area is 117 Å². The number of carbonyl (C=O) groups excluding carboxylic acids is 1. The van der Waals surface area contributed by atoms with Gasteiger partial charge < -0.3 is 19.5 Å². The molecule has 0 fully saturated rings. The first kappa shape index (κ1) is 16.0. The van der Waals surface area contributed by atoms with E-state index in [-0.39, 0.29) is 18.9 Å². The van der Waals surface area contributed by atoms with Crippen molar-refractivity contribution >= 4 is 11.9 Å². The number of para-hydroxylation sites is 1. The second-order valence-corrected chi connectivity index (χ2v) is 4.13. The van der Waals surface area contributed by atoms with Crippen LogP contribution in [0.3, 0.4) is 0 Å². The average molecular weight is 281 g/mol. The summed E-state index contributed by atoms with van der Waals surface area (Å²) in [4.78, 5) is 24.6. The highest BCUT2D eigenvalue weighted by atomic mass is 16.5. The normalized spacial score (nSPS) is 10.1. The summed E-state index contributed by atoms with van der Waals surface area (Å²) in [5, 5.41) is 8.75. The molecule has 0 bridgehead atoms. The van der Waals surface area contributed by atoms with E-state index in [1.807, 2.05) is 0 Å². The lowest BCUT2D eigenvalue weighted by molar-refractivity contribution is -0.137. The van der Waals surface area contributed by atoms with Crippen LogP contribution in [0.1, 0.15) is 16.8 Å². The number of carboxylic acid groups (broad SMARTS) is 1. The molecule has 6 nitrogen and oxygen atoms in total. The van der Waals surface area contributed by atoms with Crippen LogP contribution in [-0.4, -0.2) is 55.8 Å². The third kappa shape index (κ3) is 4.55. The van der Waals surface area contributed by atoms with Gasteiger partial charge in [0.15, 0.2) is 0 Å².